The van der Waals surface area contributed by atoms with E-state index in [1.54, 1.807) is 10.4 Å². The van der Waals surface area contributed by atoms with Gasteiger partial charge in [-0.15, -0.1) is 6.58 Å². The van der Waals surface area contributed by atoms with Gasteiger partial charge in [0.05, 0.1) is 48.4 Å². The minimum atomic E-state index is -2.53. The standard InChI is InChI=1S/C19H22F4Si.2C19H26Si.2C18H30Si.C16H28Si/c1-12(10-11-14-8-6-5-7-9-14)24(3,4)19-13(2)15(20)16(21)17(22)18(19)23;1-16-9-8-12-19(15-16)20(3,4)17(2)13-14-18-10-6-5-7-11-18;1-16-10-14-19(15-11-16)20(3,4)17(2)12-13-18-8-6-5-7-9-18;1-16(14-15-17-10-6-4-7-11-17)19(2,3)18-12-8-5-9-13-18;1-5-6-7-11-16-19(3,4)17(2)14-15-18-12-9-8-10-13-18;1-5-17(6-2,7-3)15(4)13-14-16-11-9-8-10-12-16/h5-9,12H,10-11H2,1-4H3;5-12,15,17H,13-14H2,1-4H3;5-11,14-15,17H,12-13H2,1-4H3;4,6-7,10-11,16,18H,5,8-9,12-15H2,1-3H3;5,8-10,12-13,17H,1,6-7,11,14-16H2,2-4H3;8-12,15H,5-7,13-14H2,1-4H3. The van der Waals surface area contributed by atoms with Gasteiger partial charge >= 0.3 is 0 Å². The van der Waals surface area contributed by atoms with Gasteiger partial charge < -0.3 is 0 Å². The van der Waals surface area contributed by atoms with Crippen molar-refractivity contribution < 1.29 is 17.6 Å². The normalized spacial score (nSPS) is 14.2. The van der Waals surface area contributed by atoms with Crippen LogP contribution in [0.2, 0.25) is 128 Å². The molecule has 0 aromatic heterocycles. The van der Waals surface area contributed by atoms with Crippen LogP contribution >= 0.6 is 0 Å². The Morgan fingerprint density at radius 2 is 0.681 bits per heavy atom. The molecule has 1 saturated carbocycles. The van der Waals surface area contributed by atoms with Crippen LogP contribution in [0.15, 0.2) is 243 Å². The fourth-order valence-electron chi connectivity index (χ4n) is 17.8. The van der Waals surface area contributed by atoms with E-state index in [2.05, 4.69) is 328 Å². The first-order chi connectivity index (χ1) is 56.5. The Kier molecular flexibility index (Phi) is 45.5. The molecule has 10 heteroatoms. The minimum Gasteiger partial charge on any atom is -0.204 e. The highest BCUT2D eigenvalue weighted by Gasteiger charge is 2.40. The van der Waals surface area contributed by atoms with Crippen molar-refractivity contribution in [2.45, 2.75) is 340 Å². The van der Waals surface area contributed by atoms with Crippen LogP contribution in [0.1, 0.15) is 202 Å². The maximum atomic E-state index is 14.4. The van der Waals surface area contributed by atoms with E-state index < -0.39 is 71.7 Å². The van der Waals surface area contributed by atoms with E-state index in [9.17, 15) is 17.6 Å². The van der Waals surface area contributed by atoms with Gasteiger partial charge in [0.15, 0.2) is 23.3 Å². The second-order valence-electron chi connectivity index (χ2n) is 38.8. The third-order valence-corrected chi connectivity index (χ3v) is 60.0. The molecule has 9 aromatic carbocycles. The zero-order valence-corrected chi connectivity index (χ0v) is 84.7. The monoisotopic (exact) mass is 1720 g/mol. The number of aryl methyl sites for hydroxylation is 8. The highest BCUT2D eigenvalue weighted by atomic mass is 28.3. The van der Waals surface area contributed by atoms with Crippen molar-refractivity contribution in [3.8, 4) is 0 Å². The largest absolute Gasteiger partial charge is 0.204 e. The molecule has 0 heterocycles. The molecule has 0 aliphatic heterocycles. The number of benzene rings is 9. The number of hydrogen-bond acceptors (Lipinski definition) is 0. The number of halogens is 4. The van der Waals surface area contributed by atoms with E-state index in [1.807, 2.05) is 56.4 Å². The third-order valence-electron chi connectivity index (χ3n) is 29.6. The molecule has 9 aromatic rings. The summed E-state index contributed by atoms with van der Waals surface area (Å²) in [4.78, 5) is 0. The Labute approximate surface area is 732 Å². The van der Waals surface area contributed by atoms with Crippen LogP contribution in [0.5, 0.6) is 0 Å². The summed E-state index contributed by atoms with van der Waals surface area (Å²) < 4.78 is 55.4. The molecule has 0 radical (unpaired) electrons. The van der Waals surface area contributed by atoms with Crippen LogP contribution in [0, 0.1) is 44.0 Å². The van der Waals surface area contributed by atoms with E-state index in [-0.39, 0.29) is 16.3 Å². The van der Waals surface area contributed by atoms with Crippen molar-refractivity contribution in [2.75, 3.05) is 0 Å². The molecule has 0 N–H and O–H groups in total. The molecular weight excluding hydrogens is 1550 g/mol. The van der Waals surface area contributed by atoms with Crippen molar-refractivity contribution >= 4 is 64.0 Å². The molecule has 0 spiro atoms. The zero-order chi connectivity index (χ0) is 87.8. The number of allylic oxidation sites excluding steroid dienone is 1. The van der Waals surface area contributed by atoms with E-state index in [4.69, 9.17) is 0 Å². The van der Waals surface area contributed by atoms with Crippen LogP contribution in [0.4, 0.5) is 17.6 Å². The third kappa shape index (κ3) is 33.7. The number of hydrogen-bond donors (Lipinski definition) is 0. The smallest absolute Gasteiger partial charge is 0.197 e. The molecule has 1 aliphatic rings. The summed E-state index contributed by atoms with van der Waals surface area (Å²) in [5, 5.41) is 3.24. The van der Waals surface area contributed by atoms with Gasteiger partial charge in [-0.25, -0.2) is 17.6 Å². The van der Waals surface area contributed by atoms with Gasteiger partial charge in [0.25, 0.3) is 0 Å². The molecule has 650 valence electrons. The summed E-state index contributed by atoms with van der Waals surface area (Å²) >= 11 is 0. The Bertz CT molecular complexity index is 4180. The van der Waals surface area contributed by atoms with Crippen LogP contribution in [0.25, 0.3) is 0 Å². The summed E-state index contributed by atoms with van der Waals surface area (Å²) in [6, 6.07) is 88.7. The lowest BCUT2D eigenvalue weighted by Gasteiger charge is -2.40. The molecule has 1 aliphatic carbocycles. The summed E-state index contributed by atoms with van der Waals surface area (Å²) in [7, 11) is -8.34. The van der Waals surface area contributed by atoms with Gasteiger partial charge in [0.1, 0.15) is 0 Å². The molecule has 0 bridgehead atoms. The molecule has 6 unspecified atom stereocenters. The Morgan fingerprint density at radius 3 is 1.04 bits per heavy atom. The number of rotatable bonds is 36. The SMILES string of the molecule is C=CCCCC[Si](C)(C)C(C)CCc1ccccc1.CC(CCc1ccccc1)[Si](C)(C)C1CCCCC1.CC[Si](CC)(CC)C(C)CCc1ccccc1.Cc1c(F)c(F)c(F)c(F)c1[Si](C)(C)C(C)CCc1ccccc1.Cc1ccc([Si](C)(C)C(C)CCc2ccccc2)cc1.Cc1cccc([Si](C)(C)C(C)CCc2ccccc2)c1. The predicted molar refractivity (Wildman–Crippen MR) is 538 cm³/mol. The summed E-state index contributed by atoms with van der Waals surface area (Å²) in [5.41, 5.74) is 16.8. The zero-order valence-electron chi connectivity index (χ0n) is 78.7. The van der Waals surface area contributed by atoms with Crippen molar-refractivity contribution in [2.24, 2.45) is 0 Å². The van der Waals surface area contributed by atoms with Gasteiger partial charge in [-0.3, -0.25) is 0 Å². The van der Waals surface area contributed by atoms with Crippen molar-refractivity contribution in [1.29, 1.82) is 0 Å². The first-order valence-electron chi connectivity index (χ1n) is 46.3. The second kappa shape index (κ2) is 52.4. The quantitative estimate of drug-likeness (QED) is 0.00917. The van der Waals surface area contributed by atoms with E-state index in [0.717, 1.165) is 46.1 Å². The topological polar surface area (TPSA) is 0 Å². The van der Waals surface area contributed by atoms with Crippen LogP contribution in [0.3, 0.4) is 0 Å². The van der Waals surface area contributed by atoms with Crippen LogP contribution in [-0.4, -0.2) is 48.4 Å². The fourth-order valence-corrected chi connectivity index (χ4v) is 36.5. The molecule has 6 atom stereocenters. The second-order valence-corrected chi connectivity index (χ2v) is 70.5. The van der Waals surface area contributed by atoms with E-state index >= 15 is 0 Å². The van der Waals surface area contributed by atoms with E-state index in [0.29, 0.717) is 0 Å². The Balaban J connectivity index is 0.000000255. The van der Waals surface area contributed by atoms with Gasteiger partial charge in [0.2, 0.25) is 0 Å². The molecular formula is C109H162F4Si6. The lowest BCUT2D eigenvalue weighted by Crippen LogP contribution is -2.49. The maximum absolute atomic E-state index is 14.4. The lowest BCUT2D eigenvalue weighted by molar-refractivity contribution is 0.409. The molecule has 0 saturated heterocycles. The molecule has 119 heavy (non-hydrogen) atoms. The average Bonchev–Trinajstić information content (AvgIpc) is 0.759. The van der Waals surface area contributed by atoms with Crippen molar-refractivity contribution in [1.82, 2.24) is 0 Å². The predicted octanol–water partition coefficient (Wildman–Crippen LogP) is 33.0. The van der Waals surface area contributed by atoms with E-state index in [1.165, 1.54) is 191 Å². The summed E-state index contributed by atoms with van der Waals surface area (Å²) in [6.45, 7) is 55.3. The molecule has 1 fully saturated rings. The minimum absolute atomic E-state index is 0.0551. The summed E-state index contributed by atoms with van der Waals surface area (Å²) in [6.07, 6.45) is 27.9. The highest BCUT2D eigenvalue weighted by molar-refractivity contribution is 6.92. The fraction of sp³-hybridized carbons (Fsp3) is 0.486. The molecule has 10 rings (SSSR count). The first kappa shape index (κ1) is 103. The maximum Gasteiger partial charge on any atom is 0.197 e. The van der Waals surface area contributed by atoms with Crippen molar-refractivity contribution in [3.63, 3.8) is 0 Å². The first-order valence-corrected chi connectivity index (χ1v) is 64.7. The van der Waals surface area contributed by atoms with Crippen LogP contribution < -0.4 is 15.6 Å². The summed E-state index contributed by atoms with van der Waals surface area (Å²) in [5.74, 6) is -5.94. The van der Waals surface area contributed by atoms with Gasteiger partial charge in [0, 0.05) is 0 Å². The van der Waals surface area contributed by atoms with Gasteiger partial charge in [-0.1, -0.05) is 455 Å². The Morgan fingerprint density at radius 1 is 0.345 bits per heavy atom. The van der Waals surface area contributed by atoms with Crippen LogP contribution in [-0.2, 0) is 38.5 Å². The van der Waals surface area contributed by atoms with Gasteiger partial charge in [-0.05, 0) is 187 Å². The van der Waals surface area contributed by atoms with Crippen molar-refractivity contribution in [3.05, 3.63) is 317 Å². The molecule has 0 amide bonds. The number of unbranched alkanes of at least 4 members (excludes halogenated alkanes) is 2. The van der Waals surface area contributed by atoms with Gasteiger partial charge in [-0.2, -0.15) is 0 Å². The lowest BCUT2D eigenvalue weighted by atomic mass is 10.0. The average molecular weight is 1720 g/mol. The Hall–Kier alpha value is -6.26. The highest BCUT2D eigenvalue weighted by Crippen LogP contribution is 2.45. The molecule has 0 nitrogen and oxygen atoms in total.